The van der Waals surface area contributed by atoms with Gasteiger partial charge in [0.25, 0.3) is 0 Å². The molecular formula is C20H30N6O. The van der Waals surface area contributed by atoms with Crippen LogP contribution in [0.4, 0.5) is 11.6 Å². The molecule has 2 aliphatic rings. The molecule has 7 heteroatoms. The maximum atomic E-state index is 9.52. The molecular weight excluding hydrogens is 340 g/mol. The van der Waals surface area contributed by atoms with Crippen LogP contribution in [0.5, 0.6) is 0 Å². The summed E-state index contributed by atoms with van der Waals surface area (Å²) in [5.74, 6) is 2.32. The third kappa shape index (κ3) is 3.40. The van der Waals surface area contributed by atoms with Crippen molar-refractivity contribution in [3.05, 3.63) is 29.3 Å². The van der Waals surface area contributed by atoms with Gasteiger partial charge in [-0.15, -0.1) is 0 Å². The molecule has 2 saturated heterocycles. The van der Waals surface area contributed by atoms with Gasteiger partial charge >= 0.3 is 0 Å². The van der Waals surface area contributed by atoms with Crippen molar-refractivity contribution in [3.63, 3.8) is 0 Å². The fourth-order valence-electron chi connectivity index (χ4n) is 4.70. The van der Waals surface area contributed by atoms with E-state index in [4.69, 9.17) is 0 Å². The number of rotatable bonds is 4. The second-order valence-corrected chi connectivity index (χ2v) is 7.93. The highest BCUT2D eigenvalue weighted by Gasteiger charge is 2.32. The normalized spacial score (nSPS) is 23.3. The Morgan fingerprint density at radius 3 is 2.63 bits per heavy atom. The first kappa shape index (κ1) is 18.2. The minimum absolute atomic E-state index is 0.252. The lowest BCUT2D eigenvalue weighted by atomic mass is 9.99. The van der Waals surface area contributed by atoms with Gasteiger partial charge in [-0.2, -0.15) is 5.10 Å². The van der Waals surface area contributed by atoms with E-state index in [9.17, 15) is 5.11 Å². The van der Waals surface area contributed by atoms with E-state index in [2.05, 4.69) is 44.8 Å². The van der Waals surface area contributed by atoms with Crippen molar-refractivity contribution >= 4 is 11.6 Å². The number of aliphatic hydroxyl groups excluding tert-OH is 1. The van der Waals surface area contributed by atoms with Crippen molar-refractivity contribution in [1.29, 1.82) is 0 Å². The van der Waals surface area contributed by atoms with E-state index in [-0.39, 0.29) is 6.61 Å². The van der Waals surface area contributed by atoms with Gasteiger partial charge in [-0.3, -0.25) is 4.68 Å². The zero-order valence-corrected chi connectivity index (χ0v) is 16.6. The molecule has 0 spiro atoms. The molecule has 2 fully saturated rings. The molecule has 7 nitrogen and oxygen atoms in total. The van der Waals surface area contributed by atoms with Crippen LogP contribution in [0.3, 0.4) is 0 Å². The highest BCUT2D eigenvalue weighted by molar-refractivity contribution is 5.53. The Labute approximate surface area is 161 Å². The molecule has 0 saturated carbocycles. The Hall–Kier alpha value is -2.15. The Kier molecular flexibility index (Phi) is 5.04. The molecule has 0 radical (unpaired) electrons. The summed E-state index contributed by atoms with van der Waals surface area (Å²) >= 11 is 0. The maximum absolute atomic E-state index is 9.52. The number of aryl methyl sites for hydroxylation is 2. The third-order valence-electron chi connectivity index (χ3n) is 6.18. The van der Waals surface area contributed by atoms with Gasteiger partial charge in [-0.05, 0) is 45.4 Å². The summed E-state index contributed by atoms with van der Waals surface area (Å²) in [5.41, 5.74) is 3.69. The summed E-state index contributed by atoms with van der Waals surface area (Å²) < 4.78 is 1.98. The number of anilines is 2. The largest absolute Gasteiger partial charge is 0.396 e. The highest BCUT2D eigenvalue weighted by Crippen LogP contribution is 2.38. The van der Waals surface area contributed by atoms with E-state index in [0.29, 0.717) is 12.0 Å². The van der Waals surface area contributed by atoms with Gasteiger partial charge in [-0.1, -0.05) is 0 Å². The fraction of sp³-hybridized carbons (Fsp3) is 0.650. The van der Waals surface area contributed by atoms with Crippen molar-refractivity contribution in [3.8, 4) is 0 Å². The number of hydrogen-bond donors (Lipinski definition) is 1. The van der Waals surface area contributed by atoms with Gasteiger partial charge in [-0.25, -0.2) is 9.97 Å². The summed E-state index contributed by atoms with van der Waals surface area (Å²) in [6.07, 6.45) is 6.17. The summed E-state index contributed by atoms with van der Waals surface area (Å²) in [6, 6.07) is 2.45. The molecule has 1 N–H and O–H groups in total. The second-order valence-electron chi connectivity index (χ2n) is 7.93. The van der Waals surface area contributed by atoms with Gasteiger partial charge in [0, 0.05) is 50.6 Å². The molecule has 2 aromatic heterocycles. The van der Waals surface area contributed by atoms with Gasteiger partial charge in [0.15, 0.2) is 0 Å². The Balaban J connectivity index is 1.61. The average molecular weight is 371 g/mol. The zero-order valence-electron chi connectivity index (χ0n) is 16.6. The van der Waals surface area contributed by atoms with E-state index in [1.54, 1.807) is 6.33 Å². The topological polar surface area (TPSA) is 70.3 Å². The second kappa shape index (κ2) is 7.46. The Bertz CT molecular complexity index is 804. The van der Waals surface area contributed by atoms with Crippen LogP contribution in [0, 0.1) is 19.8 Å². The Morgan fingerprint density at radius 1 is 1.11 bits per heavy atom. The monoisotopic (exact) mass is 370 g/mol. The lowest BCUT2D eigenvalue weighted by Crippen LogP contribution is -2.37. The van der Waals surface area contributed by atoms with E-state index >= 15 is 0 Å². The van der Waals surface area contributed by atoms with E-state index in [1.165, 1.54) is 11.3 Å². The van der Waals surface area contributed by atoms with Crippen molar-refractivity contribution in [2.45, 2.75) is 45.6 Å². The summed E-state index contributed by atoms with van der Waals surface area (Å²) in [5, 5.41) is 14.1. The van der Waals surface area contributed by atoms with Crippen molar-refractivity contribution in [2.24, 2.45) is 13.0 Å². The minimum Gasteiger partial charge on any atom is -0.396 e. The number of hydrogen-bond acceptors (Lipinski definition) is 6. The maximum Gasteiger partial charge on any atom is 0.134 e. The highest BCUT2D eigenvalue weighted by atomic mass is 16.3. The summed E-state index contributed by atoms with van der Waals surface area (Å²) in [4.78, 5) is 13.8. The van der Waals surface area contributed by atoms with E-state index in [0.717, 1.165) is 62.6 Å². The van der Waals surface area contributed by atoms with Crippen LogP contribution in [-0.4, -0.2) is 51.1 Å². The van der Waals surface area contributed by atoms with Gasteiger partial charge in [0.2, 0.25) is 0 Å². The summed E-state index contributed by atoms with van der Waals surface area (Å²) in [6.45, 7) is 7.39. The van der Waals surface area contributed by atoms with E-state index < -0.39 is 0 Å². The molecule has 2 unspecified atom stereocenters. The predicted molar refractivity (Wildman–Crippen MR) is 106 cm³/mol. The van der Waals surface area contributed by atoms with Crippen LogP contribution in [-0.2, 0) is 7.05 Å². The van der Waals surface area contributed by atoms with Crippen LogP contribution >= 0.6 is 0 Å². The lowest BCUT2D eigenvalue weighted by molar-refractivity contribution is 0.208. The fourth-order valence-corrected chi connectivity index (χ4v) is 4.70. The number of nitrogens with zero attached hydrogens (tertiary/aromatic N) is 6. The van der Waals surface area contributed by atoms with Crippen LogP contribution < -0.4 is 9.80 Å². The molecule has 27 heavy (non-hydrogen) atoms. The number of aliphatic hydroxyl groups is 1. The van der Waals surface area contributed by atoms with Crippen LogP contribution in [0.15, 0.2) is 12.4 Å². The summed E-state index contributed by atoms with van der Waals surface area (Å²) in [7, 11) is 2.02. The van der Waals surface area contributed by atoms with Crippen molar-refractivity contribution in [1.82, 2.24) is 19.7 Å². The standard InChI is InChI=1S/C20H30N6O/c1-14-20(15(2)24(3)23-14)17-7-5-9-26(17)19-10-18(21-13-22-19)25-8-4-6-16(11-25)12-27/h10,13,16-17,27H,4-9,11-12H2,1-3H3. The first-order valence-electron chi connectivity index (χ1n) is 10.0. The van der Waals surface area contributed by atoms with Crippen LogP contribution in [0.25, 0.3) is 0 Å². The Morgan fingerprint density at radius 2 is 1.89 bits per heavy atom. The smallest absolute Gasteiger partial charge is 0.134 e. The molecule has 2 aromatic rings. The predicted octanol–water partition coefficient (Wildman–Crippen LogP) is 2.38. The quantitative estimate of drug-likeness (QED) is 0.891. The third-order valence-corrected chi connectivity index (χ3v) is 6.18. The van der Waals surface area contributed by atoms with Gasteiger partial charge in [0.1, 0.15) is 18.0 Å². The van der Waals surface area contributed by atoms with Crippen LogP contribution in [0.1, 0.15) is 48.7 Å². The lowest BCUT2D eigenvalue weighted by Gasteiger charge is -2.33. The first-order chi connectivity index (χ1) is 13.1. The molecule has 0 bridgehead atoms. The van der Waals surface area contributed by atoms with Crippen molar-refractivity contribution < 1.29 is 5.11 Å². The molecule has 0 amide bonds. The van der Waals surface area contributed by atoms with Crippen molar-refractivity contribution in [2.75, 3.05) is 36.0 Å². The number of piperidine rings is 1. The molecule has 2 atom stereocenters. The minimum atomic E-state index is 0.252. The molecule has 0 aromatic carbocycles. The molecule has 146 valence electrons. The molecule has 4 heterocycles. The first-order valence-corrected chi connectivity index (χ1v) is 10.0. The SMILES string of the molecule is Cc1nn(C)c(C)c1C1CCCN1c1cc(N2CCCC(CO)C2)ncn1. The van der Waals surface area contributed by atoms with Gasteiger partial charge < -0.3 is 14.9 Å². The van der Waals surface area contributed by atoms with Crippen LogP contribution in [0.2, 0.25) is 0 Å². The number of aromatic nitrogens is 4. The zero-order chi connectivity index (χ0) is 19.0. The van der Waals surface area contributed by atoms with E-state index in [1.807, 2.05) is 11.7 Å². The average Bonchev–Trinajstić information content (AvgIpc) is 3.26. The van der Waals surface area contributed by atoms with Gasteiger partial charge in [0.05, 0.1) is 11.7 Å². The molecule has 4 rings (SSSR count). The molecule has 0 aliphatic carbocycles. The molecule has 2 aliphatic heterocycles.